The first-order chi connectivity index (χ1) is 12.1. The van der Waals surface area contributed by atoms with Crippen LogP contribution in [0.2, 0.25) is 0 Å². The summed E-state index contributed by atoms with van der Waals surface area (Å²) in [6, 6.07) is 8.27. The number of aromatic nitrogens is 3. The molecule has 0 bridgehead atoms. The molecule has 1 amide bonds. The summed E-state index contributed by atoms with van der Waals surface area (Å²) < 4.78 is 2.82. The monoisotopic (exact) mass is 402 g/mol. The maximum Gasteiger partial charge on any atom is 0.222 e. The van der Waals surface area contributed by atoms with E-state index in [0.29, 0.717) is 13.0 Å². The predicted octanol–water partition coefficient (Wildman–Crippen LogP) is 4.13. The lowest BCUT2D eigenvalue weighted by Crippen LogP contribution is -2.26. The van der Waals surface area contributed by atoms with E-state index < -0.39 is 0 Å². The number of hydrogen-bond donors (Lipinski definition) is 1. The third-order valence-corrected chi connectivity index (χ3v) is 5.10. The fraction of sp³-hybridized carbons (Fsp3) is 0.368. The summed E-state index contributed by atoms with van der Waals surface area (Å²) >= 11 is 3.51. The van der Waals surface area contributed by atoms with E-state index in [9.17, 15) is 4.79 Å². The van der Waals surface area contributed by atoms with E-state index in [1.54, 1.807) is 4.90 Å². The quantitative estimate of drug-likeness (QED) is 0.645. The van der Waals surface area contributed by atoms with Crippen LogP contribution in [0.15, 0.2) is 41.1 Å². The van der Waals surface area contributed by atoms with Crippen LogP contribution in [-0.2, 0) is 24.3 Å². The highest BCUT2D eigenvalue weighted by Gasteiger charge is 2.14. The van der Waals surface area contributed by atoms with Crippen LogP contribution in [0.25, 0.3) is 10.9 Å². The standard InChI is InChI=1S/C19H23BrN4O/c1-3-24-12-16(20)18(22-24)13-23(2)19(25)10-6-7-14-11-21-17-9-5-4-8-15(14)17/h4-5,8-9,11-12,21H,3,6-7,10,13H2,1-2H3. The second-order valence-corrected chi connectivity index (χ2v) is 7.10. The van der Waals surface area contributed by atoms with Crippen LogP contribution in [0.3, 0.4) is 0 Å². The first-order valence-electron chi connectivity index (χ1n) is 8.59. The molecule has 3 aromatic rings. The summed E-state index contributed by atoms with van der Waals surface area (Å²) in [5, 5.41) is 5.73. The molecule has 25 heavy (non-hydrogen) atoms. The fourth-order valence-electron chi connectivity index (χ4n) is 2.98. The minimum absolute atomic E-state index is 0.151. The number of halogens is 1. The van der Waals surface area contributed by atoms with Gasteiger partial charge in [-0.3, -0.25) is 9.48 Å². The van der Waals surface area contributed by atoms with Crippen molar-refractivity contribution in [3.05, 3.63) is 52.4 Å². The first kappa shape index (κ1) is 17.7. The molecule has 2 aromatic heterocycles. The molecule has 0 unspecified atom stereocenters. The van der Waals surface area contributed by atoms with Gasteiger partial charge in [0.1, 0.15) is 0 Å². The molecule has 0 atom stereocenters. The molecule has 0 saturated carbocycles. The number of amides is 1. The molecule has 6 heteroatoms. The van der Waals surface area contributed by atoms with Gasteiger partial charge in [0, 0.05) is 43.3 Å². The summed E-state index contributed by atoms with van der Waals surface area (Å²) in [5.41, 5.74) is 3.32. The van der Waals surface area contributed by atoms with E-state index in [1.165, 1.54) is 10.9 Å². The van der Waals surface area contributed by atoms with E-state index in [0.717, 1.165) is 35.1 Å². The van der Waals surface area contributed by atoms with Gasteiger partial charge in [-0.2, -0.15) is 5.10 Å². The number of carbonyl (C=O) groups excluding carboxylic acids is 1. The molecule has 2 heterocycles. The zero-order valence-corrected chi connectivity index (χ0v) is 16.2. The Kier molecular flexibility index (Phi) is 5.58. The van der Waals surface area contributed by atoms with Crippen molar-refractivity contribution in [2.45, 2.75) is 39.3 Å². The Bertz CT molecular complexity index is 867. The zero-order valence-electron chi connectivity index (χ0n) is 14.6. The van der Waals surface area contributed by atoms with Gasteiger partial charge in [-0.1, -0.05) is 18.2 Å². The number of aryl methyl sites for hydroxylation is 2. The SMILES string of the molecule is CCn1cc(Br)c(CN(C)C(=O)CCCc2c[nH]c3ccccc23)n1. The molecule has 0 aliphatic heterocycles. The molecule has 5 nitrogen and oxygen atoms in total. The number of nitrogens with zero attached hydrogens (tertiary/aromatic N) is 3. The van der Waals surface area contributed by atoms with Crippen molar-refractivity contribution < 1.29 is 4.79 Å². The molecule has 3 rings (SSSR count). The van der Waals surface area contributed by atoms with Crippen molar-refractivity contribution in [3.8, 4) is 0 Å². The highest BCUT2D eigenvalue weighted by Crippen LogP contribution is 2.20. The van der Waals surface area contributed by atoms with Crippen molar-refractivity contribution >= 4 is 32.7 Å². The van der Waals surface area contributed by atoms with Crippen molar-refractivity contribution in [1.29, 1.82) is 0 Å². The van der Waals surface area contributed by atoms with Crippen LogP contribution >= 0.6 is 15.9 Å². The van der Waals surface area contributed by atoms with Gasteiger partial charge in [-0.05, 0) is 47.3 Å². The van der Waals surface area contributed by atoms with E-state index in [4.69, 9.17) is 0 Å². The number of carbonyl (C=O) groups is 1. The molecule has 0 radical (unpaired) electrons. The number of aromatic amines is 1. The Morgan fingerprint density at radius 2 is 2.16 bits per heavy atom. The lowest BCUT2D eigenvalue weighted by atomic mass is 10.1. The highest BCUT2D eigenvalue weighted by atomic mass is 79.9. The first-order valence-corrected chi connectivity index (χ1v) is 9.38. The average molecular weight is 403 g/mol. The zero-order chi connectivity index (χ0) is 17.8. The minimum atomic E-state index is 0.151. The number of hydrogen-bond acceptors (Lipinski definition) is 2. The van der Waals surface area contributed by atoms with Crippen LogP contribution < -0.4 is 0 Å². The minimum Gasteiger partial charge on any atom is -0.361 e. The van der Waals surface area contributed by atoms with Crippen LogP contribution in [0, 0.1) is 0 Å². The van der Waals surface area contributed by atoms with Crippen molar-refractivity contribution in [1.82, 2.24) is 19.7 Å². The number of rotatable bonds is 7. The fourth-order valence-corrected chi connectivity index (χ4v) is 3.42. The summed E-state index contributed by atoms with van der Waals surface area (Å²) in [6.45, 7) is 3.39. The van der Waals surface area contributed by atoms with Gasteiger partial charge in [0.2, 0.25) is 5.91 Å². The maximum absolute atomic E-state index is 12.4. The molecule has 1 N–H and O–H groups in total. The summed E-state index contributed by atoms with van der Waals surface area (Å²) in [6.07, 6.45) is 6.29. The van der Waals surface area contributed by atoms with Crippen LogP contribution in [0.4, 0.5) is 0 Å². The van der Waals surface area contributed by atoms with Gasteiger partial charge in [-0.15, -0.1) is 0 Å². The van der Waals surface area contributed by atoms with Gasteiger partial charge in [0.25, 0.3) is 0 Å². The summed E-state index contributed by atoms with van der Waals surface area (Å²) in [4.78, 5) is 17.4. The summed E-state index contributed by atoms with van der Waals surface area (Å²) in [5.74, 6) is 0.151. The predicted molar refractivity (Wildman–Crippen MR) is 103 cm³/mol. The Balaban J connectivity index is 1.52. The number of nitrogens with one attached hydrogen (secondary N) is 1. The number of benzene rings is 1. The van der Waals surface area contributed by atoms with Crippen molar-refractivity contribution in [3.63, 3.8) is 0 Å². The second-order valence-electron chi connectivity index (χ2n) is 6.24. The van der Waals surface area contributed by atoms with E-state index in [1.807, 2.05) is 43.2 Å². The van der Waals surface area contributed by atoms with Crippen molar-refractivity contribution in [2.75, 3.05) is 7.05 Å². The van der Waals surface area contributed by atoms with Crippen LogP contribution in [0.5, 0.6) is 0 Å². The van der Waals surface area contributed by atoms with Gasteiger partial charge < -0.3 is 9.88 Å². The molecule has 0 fully saturated rings. The van der Waals surface area contributed by atoms with Crippen LogP contribution in [0.1, 0.15) is 31.0 Å². The second kappa shape index (κ2) is 7.87. The maximum atomic E-state index is 12.4. The molecule has 1 aromatic carbocycles. The van der Waals surface area contributed by atoms with Crippen molar-refractivity contribution in [2.24, 2.45) is 0 Å². The average Bonchev–Trinajstić information content (AvgIpc) is 3.18. The van der Waals surface area contributed by atoms with Gasteiger partial charge in [-0.25, -0.2) is 0 Å². The van der Waals surface area contributed by atoms with E-state index in [2.05, 4.69) is 38.1 Å². The number of H-pyrrole nitrogens is 1. The normalized spacial score (nSPS) is 11.2. The molecule has 0 spiro atoms. The molecule has 0 saturated heterocycles. The Morgan fingerprint density at radius 1 is 1.36 bits per heavy atom. The van der Waals surface area contributed by atoms with Gasteiger partial charge >= 0.3 is 0 Å². The van der Waals surface area contributed by atoms with E-state index >= 15 is 0 Å². The Morgan fingerprint density at radius 3 is 2.92 bits per heavy atom. The molecule has 0 aliphatic rings. The third kappa shape index (κ3) is 4.12. The van der Waals surface area contributed by atoms with Crippen LogP contribution in [-0.4, -0.2) is 32.6 Å². The lowest BCUT2D eigenvalue weighted by molar-refractivity contribution is -0.130. The van der Waals surface area contributed by atoms with Gasteiger partial charge in [0.05, 0.1) is 16.7 Å². The molecular weight excluding hydrogens is 380 g/mol. The van der Waals surface area contributed by atoms with E-state index in [-0.39, 0.29) is 5.91 Å². The molecule has 0 aliphatic carbocycles. The summed E-state index contributed by atoms with van der Waals surface area (Å²) in [7, 11) is 1.84. The highest BCUT2D eigenvalue weighted by molar-refractivity contribution is 9.10. The number of fused-ring (bicyclic) bond motifs is 1. The molecule has 132 valence electrons. The largest absolute Gasteiger partial charge is 0.361 e. The Labute approximate surface area is 156 Å². The Hall–Kier alpha value is -2.08. The lowest BCUT2D eigenvalue weighted by Gasteiger charge is -2.16. The third-order valence-electron chi connectivity index (χ3n) is 4.44. The molecular formula is C19H23BrN4O. The topological polar surface area (TPSA) is 53.9 Å². The van der Waals surface area contributed by atoms with Gasteiger partial charge in [0.15, 0.2) is 0 Å². The number of para-hydroxylation sites is 1. The smallest absolute Gasteiger partial charge is 0.222 e.